The molecule has 0 unspecified atom stereocenters. The first-order valence-corrected chi connectivity index (χ1v) is 7.93. The summed E-state index contributed by atoms with van der Waals surface area (Å²) in [5, 5.41) is 5.20. The SMILES string of the molecule is Cc1nn(C)c2cc(NS(=O)(=O)c3cccnc3F)ccc12. The maximum atomic E-state index is 13.6. The molecule has 2 heterocycles. The van der Waals surface area contributed by atoms with Gasteiger partial charge in [-0.25, -0.2) is 13.4 Å². The first kappa shape index (κ1) is 14.5. The molecule has 8 heteroatoms. The minimum absolute atomic E-state index is 0.332. The standard InChI is InChI=1S/C14H13FN4O2S/c1-9-11-6-5-10(8-12(11)19(2)17-9)18-22(20,21)13-4-3-7-16-14(13)15/h3-8,18H,1-2H3. The van der Waals surface area contributed by atoms with E-state index in [2.05, 4.69) is 14.8 Å². The highest BCUT2D eigenvalue weighted by atomic mass is 32.2. The van der Waals surface area contributed by atoms with Gasteiger partial charge in [0, 0.05) is 18.6 Å². The zero-order valence-electron chi connectivity index (χ0n) is 11.9. The summed E-state index contributed by atoms with van der Waals surface area (Å²) >= 11 is 0. The van der Waals surface area contributed by atoms with Gasteiger partial charge in [0.15, 0.2) is 0 Å². The van der Waals surface area contributed by atoms with Crippen LogP contribution in [0.15, 0.2) is 41.4 Å². The van der Waals surface area contributed by atoms with Crippen molar-refractivity contribution in [2.45, 2.75) is 11.8 Å². The number of sulfonamides is 1. The van der Waals surface area contributed by atoms with E-state index in [1.165, 1.54) is 12.3 Å². The monoisotopic (exact) mass is 320 g/mol. The second-order valence-electron chi connectivity index (χ2n) is 4.84. The van der Waals surface area contributed by atoms with Crippen LogP contribution in [0, 0.1) is 12.9 Å². The highest BCUT2D eigenvalue weighted by Crippen LogP contribution is 2.23. The number of fused-ring (bicyclic) bond motifs is 1. The second kappa shape index (κ2) is 5.06. The van der Waals surface area contributed by atoms with Crippen molar-refractivity contribution in [3.63, 3.8) is 0 Å². The molecule has 0 atom stereocenters. The molecule has 0 aliphatic carbocycles. The molecule has 3 aromatic rings. The molecule has 0 radical (unpaired) electrons. The molecule has 0 spiro atoms. The number of benzene rings is 1. The fourth-order valence-electron chi connectivity index (χ4n) is 2.28. The van der Waals surface area contributed by atoms with Crippen molar-refractivity contribution in [2.75, 3.05) is 4.72 Å². The third-order valence-electron chi connectivity index (χ3n) is 3.30. The average molecular weight is 320 g/mol. The van der Waals surface area contributed by atoms with E-state index in [1.54, 1.807) is 29.9 Å². The summed E-state index contributed by atoms with van der Waals surface area (Å²) in [4.78, 5) is 2.86. The predicted octanol–water partition coefficient (Wildman–Crippen LogP) is 2.22. The summed E-state index contributed by atoms with van der Waals surface area (Å²) in [5.74, 6) is -1.03. The van der Waals surface area contributed by atoms with E-state index < -0.39 is 20.9 Å². The van der Waals surface area contributed by atoms with Crippen molar-refractivity contribution in [2.24, 2.45) is 7.05 Å². The molecular weight excluding hydrogens is 307 g/mol. The van der Waals surface area contributed by atoms with Crippen molar-refractivity contribution in [3.05, 3.63) is 48.2 Å². The fourth-order valence-corrected chi connectivity index (χ4v) is 3.36. The lowest BCUT2D eigenvalue weighted by molar-refractivity contribution is 0.540. The Balaban J connectivity index is 2.03. The van der Waals surface area contributed by atoms with Crippen molar-refractivity contribution < 1.29 is 12.8 Å². The topological polar surface area (TPSA) is 76.9 Å². The Morgan fingerprint density at radius 2 is 2.05 bits per heavy atom. The number of anilines is 1. The van der Waals surface area contributed by atoms with Gasteiger partial charge in [0.05, 0.1) is 16.9 Å². The summed E-state index contributed by atoms with van der Waals surface area (Å²) in [6.45, 7) is 1.87. The van der Waals surface area contributed by atoms with Crippen molar-refractivity contribution >= 4 is 26.6 Å². The number of rotatable bonds is 3. The van der Waals surface area contributed by atoms with Gasteiger partial charge in [-0.2, -0.15) is 9.49 Å². The van der Waals surface area contributed by atoms with Gasteiger partial charge in [0.25, 0.3) is 10.0 Å². The maximum absolute atomic E-state index is 13.6. The van der Waals surface area contributed by atoms with Crippen LogP contribution in [0.2, 0.25) is 0 Å². The lowest BCUT2D eigenvalue weighted by Gasteiger charge is -2.08. The van der Waals surface area contributed by atoms with Crippen LogP contribution in [-0.4, -0.2) is 23.2 Å². The first-order chi connectivity index (χ1) is 10.4. The lowest BCUT2D eigenvalue weighted by Crippen LogP contribution is -2.15. The minimum Gasteiger partial charge on any atom is -0.279 e. The number of aromatic nitrogens is 3. The van der Waals surface area contributed by atoms with E-state index in [1.807, 2.05) is 6.92 Å². The molecular formula is C14H13FN4O2S. The van der Waals surface area contributed by atoms with Gasteiger partial charge in [-0.1, -0.05) is 0 Å². The van der Waals surface area contributed by atoms with E-state index in [9.17, 15) is 12.8 Å². The molecule has 114 valence electrons. The van der Waals surface area contributed by atoms with Gasteiger partial charge in [-0.3, -0.25) is 9.40 Å². The first-order valence-electron chi connectivity index (χ1n) is 6.45. The Hall–Kier alpha value is -2.48. The molecule has 0 aliphatic rings. The molecule has 0 amide bonds. The number of hydrogen-bond donors (Lipinski definition) is 1. The molecule has 0 aliphatic heterocycles. The van der Waals surface area contributed by atoms with Crippen LogP contribution < -0.4 is 4.72 Å². The van der Waals surface area contributed by atoms with Gasteiger partial charge in [0.1, 0.15) is 4.90 Å². The highest BCUT2D eigenvalue weighted by Gasteiger charge is 2.20. The summed E-state index contributed by atoms with van der Waals surface area (Å²) in [6, 6.07) is 7.57. The number of nitrogens with zero attached hydrogens (tertiary/aromatic N) is 3. The van der Waals surface area contributed by atoms with Crippen LogP contribution in [0.3, 0.4) is 0 Å². The average Bonchev–Trinajstić information content (AvgIpc) is 2.73. The summed E-state index contributed by atoms with van der Waals surface area (Å²) in [7, 11) is -2.26. The second-order valence-corrected chi connectivity index (χ2v) is 6.49. The number of halogens is 1. The van der Waals surface area contributed by atoms with Crippen LogP contribution >= 0.6 is 0 Å². The van der Waals surface area contributed by atoms with Gasteiger partial charge < -0.3 is 0 Å². The van der Waals surface area contributed by atoms with Gasteiger partial charge in [0.2, 0.25) is 5.95 Å². The number of aryl methyl sites for hydroxylation is 2. The van der Waals surface area contributed by atoms with Crippen molar-refractivity contribution in [1.29, 1.82) is 0 Å². The zero-order chi connectivity index (χ0) is 15.9. The molecule has 3 rings (SSSR count). The Labute approximate surface area is 126 Å². The van der Waals surface area contributed by atoms with Crippen molar-refractivity contribution in [3.8, 4) is 0 Å². The smallest absolute Gasteiger partial charge is 0.266 e. The largest absolute Gasteiger partial charge is 0.279 e. The Morgan fingerprint density at radius 1 is 1.27 bits per heavy atom. The van der Waals surface area contributed by atoms with E-state index in [-0.39, 0.29) is 0 Å². The normalized spacial score (nSPS) is 11.8. The number of nitrogens with one attached hydrogen (secondary N) is 1. The molecule has 6 nitrogen and oxygen atoms in total. The number of pyridine rings is 1. The fraction of sp³-hybridized carbons (Fsp3) is 0.143. The lowest BCUT2D eigenvalue weighted by atomic mass is 10.2. The van der Waals surface area contributed by atoms with Crippen LogP contribution in [0.4, 0.5) is 10.1 Å². The summed E-state index contributed by atoms with van der Waals surface area (Å²) < 4.78 is 42.0. The Kier molecular flexibility index (Phi) is 3.32. The van der Waals surface area contributed by atoms with E-state index in [0.29, 0.717) is 5.69 Å². The molecule has 0 bridgehead atoms. The number of hydrogen-bond acceptors (Lipinski definition) is 4. The summed E-state index contributed by atoms with van der Waals surface area (Å²) in [6.07, 6.45) is 1.19. The molecule has 22 heavy (non-hydrogen) atoms. The predicted molar refractivity (Wildman–Crippen MR) is 80.5 cm³/mol. The summed E-state index contributed by atoms with van der Waals surface area (Å²) in [5.41, 5.74) is 1.97. The van der Waals surface area contributed by atoms with E-state index in [0.717, 1.165) is 22.7 Å². The Morgan fingerprint density at radius 3 is 2.77 bits per heavy atom. The Bertz CT molecular complexity index is 966. The van der Waals surface area contributed by atoms with E-state index in [4.69, 9.17) is 0 Å². The highest BCUT2D eigenvalue weighted by molar-refractivity contribution is 7.92. The van der Waals surface area contributed by atoms with Crippen LogP contribution in [0.5, 0.6) is 0 Å². The van der Waals surface area contributed by atoms with Gasteiger partial charge in [-0.15, -0.1) is 0 Å². The minimum atomic E-state index is -4.04. The van der Waals surface area contributed by atoms with Crippen LogP contribution in [-0.2, 0) is 17.1 Å². The van der Waals surface area contributed by atoms with Gasteiger partial charge in [-0.05, 0) is 37.3 Å². The molecule has 0 saturated carbocycles. The van der Waals surface area contributed by atoms with Gasteiger partial charge >= 0.3 is 0 Å². The molecule has 1 aromatic carbocycles. The quantitative estimate of drug-likeness (QED) is 0.751. The molecule has 0 saturated heterocycles. The van der Waals surface area contributed by atoms with E-state index >= 15 is 0 Å². The van der Waals surface area contributed by atoms with Crippen LogP contribution in [0.25, 0.3) is 10.9 Å². The van der Waals surface area contributed by atoms with Crippen molar-refractivity contribution in [1.82, 2.24) is 14.8 Å². The third kappa shape index (κ3) is 2.41. The van der Waals surface area contributed by atoms with Crippen LogP contribution in [0.1, 0.15) is 5.69 Å². The molecule has 2 aromatic heterocycles. The zero-order valence-corrected chi connectivity index (χ0v) is 12.7. The maximum Gasteiger partial charge on any atom is 0.266 e. The molecule has 0 fully saturated rings. The third-order valence-corrected chi connectivity index (χ3v) is 4.69. The molecule has 1 N–H and O–H groups in total.